The number of hydrogen-bond acceptors (Lipinski definition) is 15. The molecule has 0 aromatic carbocycles. The number of aliphatic hydroxyl groups is 1. The van der Waals surface area contributed by atoms with Gasteiger partial charge >= 0.3 is 39.5 Å². The van der Waals surface area contributed by atoms with Crippen LogP contribution in [0.3, 0.4) is 0 Å². The van der Waals surface area contributed by atoms with Crippen molar-refractivity contribution in [3.8, 4) is 0 Å². The minimum Gasteiger partial charge on any atom is -0.462 e. The third-order valence-corrected chi connectivity index (χ3v) is 19.3. The van der Waals surface area contributed by atoms with Crippen molar-refractivity contribution in [2.45, 2.75) is 367 Å². The van der Waals surface area contributed by atoms with Crippen LogP contribution in [0.15, 0.2) is 122 Å². The summed E-state index contributed by atoms with van der Waals surface area (Å²) >= 11 is 0. The molecule has 0 saturated carbocycles. The molecule has 5 unspecified atom stereocenters. The number of ether oxygens (including phenoxy) is 4. The number of carbonyl (C=O) groups is 4. The first-order chi connectivity index (χ1) is 51.7. The van der Waals surface area contributed by atoms with Gasteiger partial charge in [0.15, 0.2) is 12.2 Å². The highest BCUT2D eigenvalue weighted by atomic mass is 31.2. The zero-order valence-electron chi connectivity index (χ0n) is 66.8. The fourth-order valence-electron chi connectivity index (χ4n) is 11.1. The van der Waals surface area contributed by atoms with E-state index in [4.69, 9.17) is 37.0 Å². The molecule has 0 amide bonds. The summed E-state index contributed by atoms with van der Waals surface area (Å²) in [6.07, 6.45) is 87.3. The van der Waals surface area contributed by atoms with Crippen molar-refractivity contribution in [2.75, 3.05) is 39.6 Å². The van der Waals surface area contributed by atoms with Crippen LogP contribution in [0.2, 0.25) is 0 Å². The predicted octanol–water partition coefficient (Wildman–Crippen LogP) is 24.7. The number of allylic oxidation sites excluding steroid dienone is 20. The van der Waals surface area contributed by atoms with Gasteiger partial charge in [-0.1, -0.05) is 290 Å². The second-order valence-corrected chi connectivity index (χ2v) is 30.6. The van der Waals surface area contributed by atoms with Gasteiger partial charge < -0.3 is 33.8 Å². The van der Waals surface area contributed by atoms with Crippen molar-refractivity contribution in [1.29, 1.82) is 0 Å². The van der Waals surface area contributed by atoms with E-state index < -0.39 is 97.5 Å². The Morgan fingerprint density at radius 3 is 0.783 bits per heavy atom. The van der Waals surface area contributed by atoms with E-state index in [0.29, 0.717) is 25.7 Å². The molecule has 0 spiro atoms. The van der Waals surface area contributed by atoms with Crippen molar-refractivity contribution in [1.82, 2.24) is 0 Å². The lowest BCUT2D eigenvalue weighted by Crippen LogP contribution is -2.30. The van der Waals surface area contributed by atoms with Gasteiger partial charge in [-0.05, 0) is 154 Å². The van der Waals surface area contributed by atoms with Gasteiger partial charge in [-0.3, -0.25) is 37.3 Å². The lowest BCUT2D eigenvalue weighted by Gasteiger charge is -2.21. The summed E-state index contributed by atoms with van der Waals surface area (Å²) < 4.78 is 68.7. The summed E-state index contributed by atoms with van der Waals surface area (Å²) in [6.45, 7) is 4.61. The van der Waals surface area contributed by atoms with Crippen LogP contribution in [0, 0.1) is 0 Å². The fraction of sp³-hybridized carbons (Fsp3) is 0.724. The SMILES string of the molecule is CC/C=C\C/C=C\C/C=C\C/C=C\CCCCCCCCC(=O)OCC(COP(=O)(O)OCC(O)COP(=O)(O)OCC(COC(=O)CCCCCCCCC/C=C\C/C=C\C/C=C\CC)OC(=O)CCCCCCC/C=C\C/C=C\CCCCC)OC(=O)CCCCCCC/C=C\CCCCCCCC. The quantitative estimate of drug-likeness (QED) is 0.0169. The minimum absolute atomic E-state index is 0.0752. The smallest absolute Gasteiger partial charge is 0.462 e. The maximum absolute atomic E-state index is 13.1. The molecule has 0 saturated heterocycles. The molecule has 0 heterocycles. The maximum Gasteiger partial charge on any atom is 0.472 e. The van der Waals surface area contributed by atoms with Gasteiger partial charge in [0.2, 0.25) is 0 Å². The van der Waals surface area contributed by atoms with Gasteiger partial charge in [-0.25, -0.2) is 9.13 Å². The first-order valence-corrected chi connectivity index (χ1v) is 44.8. The highest BCUT2D eigenvalue weighted by molar-refractivity contribution is 7.47. The van der Waals surface area contributed by atoms with E-state index in [9.17, 15) is 43.2 Å². The number of hydrogen-bond donors (Lipinski definition) is 3. The van der Waals surface area contributed by atoms with E-state index in [2.05, 4.69) is 149 Å². The third kappa shape index (κ3) is 77.6. The number of aliphatic hydroxyl groups excluding tert-OH is 1. The monoisotopic (exact) mass is 1530 g/mol. The number of phosphoric ester groups is 2. The molecule has 17 nitrogen and oxygen atoms in total. The highest BCUT2D eigenvalue weighted by Gasteiger charge is 2.30. The van der Waals surface area contributed by atoms with Crippen LogP contribution in [0.1, 0.15) is 349 Å². The van der Waals surface area contributed by atoms with Gasteiger partial charge in [0.25, 0.3) is 0 Å². The summed E-state index contributed by atoms with van der Waals surface area (Å²) in [5.74, 6) is -2.21. The number of esters is 4. The molecule has 19 heteroatoms. The first kappa shape index (κ1) is 101. The summed E-state index contributed by atoms with van der Waals surface area (Å²) in [5, 5.41) is 10.7. The Balaban J connectivity index is 5.39. The molecule has 0 rings (SSSR count). The number of rotatable bonds is 78. The number of phosphoric acid groups is 2. The van der Waals surface area contributed by atoms with Gasteiger partial charge in [0.05, 0.1) is 26.4 Å². The van der Waals surface area contributed by atoms with Crippen molar-refractivity contribution < 1.29 is 80.2 Å². The van der Waals surface area contributed by atoms with Crippen LogP contribution >= 0.6 is 15.6 Å². The summed E-state index contributed by atoms with van der Waals surface area (Å²) in [6, 6.07) is 0. The zero-order valence-corrected chi connectivity index (χ0v) is 68.6. The molecule has 0 aromatic rings. The molecule has 106 heavy (non-hydrogen) atoms. The molecule has 5 atom stereocenters. The third-order valence-electron chi connectivity index (χ3n) is 17.4. The maximum atomic E-state index is 13.1. The Hall–Kier alpha value is -4.54. The molecule has 0 fully saturated rings. The molecular formula is C87H150O17P2. The van der Waals surface area contributed by atoms with Gasteiger partial charge in [-0.2, -0.15) is 0 Å². The minimum atomic E-state index is -4.99. The van der Waals surface area contributed by atoms with Crippen LogP contribution in [0.25, 0.3) is 0 Å². The van der Waals surface area contributed by atoms with Crippen LogP contribution in [-0.2, 0) is 65.4 Å². The average molecular weight is 1530 g/mol. The molecule has 3 N–H and O–H groups in total. The zero-order chi connectivity index (χ0) is 77.4. The summed E-state index contributed by atoms with van der Waals surface area (Å²) in [5.41, 5.74) is 0. The Labute approximate surface area is 644 Å². The largest absolute Gasteiger partial charge is 0.472 e. The van der Waals surface area contributed by atoms with Gasteiger partial charge in [0.1, 0.15) is 19.3 Å². The molecule has 0 radical (unpaired) electrons. The van der Waals surface area contributed by atoms with Crippen LogP contribution < -0.4 is 0 Å². The number of carbonyl (C=O) groups excluding carboxylic acids is 4. The van der Waals surface area contributed by atoms with E-state index in [1.165, 1.54) is 57.8 Å². The van der Waals surface area contributed by atoms with E-state index in [0.717, 1.165) is 212 Å². The highest BCUT2D eigenvalue weighted by Crippen LogP contribution is 2.45. The summed E-state index contributed by atoms with van der Waals surface area (Å²) in [4.78, 5) is 73.2. The Bertz CT molecular complexity index is 2480. The molecule has 610 valence electrons. The topological polar surface area (TPSA) is 237 Å². The molecule has 0 aliphatic heterocycles. The van der Waals surface area contributed by atoms with E-state index in [-0.39, 0.29) is 25.7 Å². The first-order valence-electron chi connectivity index (χ1n) is 41.8. The Kier molecular flexibility index (Phi) is 75.2. The second-order valence-electron chi connectivity index (χ2n) is 27.6. The van der Waals surface area contributed by atoms with Gasteiger partial charge in [-0.15, -0.1) is 0 Å². The van der Waals surface area contributed by atoms with Gasteiger partial charge in [0, 0.05) is 25.7 Å². The van der Waals surface area contributed by atoms with Crippen molar-refractivity contribution in [3.05, 3.63) is 122 Å². The number of unbranched alkanes of at least 4 members (excludes halogenated alkanes) is 32. The van der Waals surface area contributed by atoms with Crippen molar-refractivity contribution >= 4 is 39.5 Å². The lowest BCUT2D eigenvalue weighted by molar-refractivity contribution is -0.161. The predicted molar refractivity (Wildman–Crippen MR) is 436 cm³/mol. The Morgan fingerprint density at radius 1 is 0.274 bits per heavy atom. The lowest BCUT2D eigenvalue weighted by atomic mass is 10.1. The van der Waals surface area contributed by atoms with Crippen molar-refractivity contribution in [3.63, 3.8) is 0 Å². The van der Waals surface area contributed by atoms with Crippen LogP contribution in [-0.4, -0.2) is 96.7 Å². The molecule has 0 aromatic heterocycles. The fourth-order valence-corrected chi connectivity index (χ4v) is 12.7. The molecule has 0 bridgehead atoms. The van der Waals surface area contributed by atoms with E-state index in [1.54, 1.807) is 0 Å². The second kappa shape index (κ2) is 78.6. The van der Waals surface area contributed by atoms with Crippen LogP contribution in [0.5, 0.6) is 0 Å². The Morgan fingerprint density at radius 2 is 0.491 bits per heavy atom. The normalized spacial score (nSPS) is 14.4. The summed E-state index contributed by atoms with van der Waals surface area (Å²) in [7, 11) is -9.98. The standard InChI is InChI=1S/C87H150O17P2/c1-5-9-13-17-21-25-29-33-37-39-40-42-46-48-52-56-60-64-68-72-85(90)98-78-83(104-87(92)74-70-66-62-58-54-50-44-36-32-28-24-20-16-12-8-4)80-102-106(95,96)100-76-81(88)75-99-105(93,94)101-79-82(103-86(91)73-69-65-61-57-53-49-43-35-31-27-23-19-15-11-7-3)77-97-84(89)71-67-63-59-55-51-47-45-41-38-34-30-26-22-18-14-10-6-2/h9-10,13-14,21-23,25-27,33-38,40,42-44,81-83,88H,5-8,11-12,15-20,24,28-32,39,41,45-80H2,1-4H3,(H,93,94)(H,95,96)/b13-9-,14-10-,25-21-,26-22-,27-23-,37-33-,38-34-,42-40-,43-35-,44-36-. The van der Waals surface area contributed by atoms with E-state index in [1.807, 2.05) is 0 Å². The molecule has 0 aliphatic rings. The van der Waals surface area contributed by atoms with Crippen LogP contribution in [0.4, 0.5) is 0 Å². The molecular weight excluding hydrogens is 1380 g/mol. The van der Waals surface area contributed by atoms with Crippen molar-refractivity contribution in [2.24, 2.45) is 0 Å². The van der Waals surface area contributed by atoms with E-state index >= 15 is 0 Å². The average Bonchev–Trinajstić information content (AvgIpc) is 0.909. The molecule has 0 aliphatic carbocycles.